The van der Waals surface area contributed by atoms with Crippen molar-refractivity contribution in [3.8, 4) is 11.1 Å². The van der Waals surface area contributed by atoms with E-state index in [9.17, 15) is 4.79 Å². The van der Waals surface area contributed by atoms with Gasteiger partial charge in [0.15, 0.2) is 5.69 Å². The van der Waals surface area contributed by atoms with Crippen molar-refractivity contribution in [2.45, 2.75) is 45.7 Å². The van der Waals surface area contributed by atoms with Crippen molar-refractivity contribution in [3.63, 3.8) is 0 Å². The lowest BCUT2D eigenvalue weighted by atomic mass is 10.0. The molecule has 1 saturated carbocycles. The van der Waals surface area contributed by atoms with Crippen LogP contribution < -0.4 is 5.32 Å². The highest BCUT2D eigenvalue weighted by atomic mass is 16.5. The highest BCUT2D eigenvalue weighted by Crippen LogP contribution is 2.34. The number of fused-ring (bicyclic) bond motifs is 1. The highest BCUT2D eigenvalue weighted by Gasteiger charge is 2.28. The summed E-state index contributed by atoms with van der Waals surface area (Å²) in [5.74, 6) is 1.34. The van der Waals surface area contributed by atoms with Crippen molar-refractivity contribution in [2.75, 3.05) is 19.8 Å². The van der Waals surface area contributed by atoms with Gasteiger partial charge in [-0.3, -0.25) is 19.4 Å². The van der Waals surface area contributed by atoms with Crippen LogP contribution in [0.4, 0.5) is 0 Å². The minimum atomic E-state index is -0.108. The molecule has 2 fully saturated rings. The van der Waals surface area contributed by atoms with Crippen LogP contribution in [0.1, 0.15) is 41.2 Å². The van der Waals surface area contributed by atoms with Crippen LogP contribution in [-0.2, 0) is 6.54 Å². The molecule has 0 bridgehead atoms. The number of carbonyl (C=O) groups excluding carboxylic acids is 1. The first kappa shape index (κ1) is 19.9. The van der Waals surface area contributed by atoms with E-state index in [-0.39, 0.29) is 11.9 Å². The van der Waals surface area contributed by atoms with E-state index in [2.05, 4.69) is 33.1 Å². The first-order chi connectivity index (χ1) is 15.0. The molecular formula is C23H28N6O2. The standard InChI is InChI=1S/C23H28N6O2/c1-14-21(15(2)31-27-14)17-6-7-19-20(10-17)29(11-16-4-5-16)26-22(19)23(30)25-18-8-9-28(12-18)13-24-3/h6-7,10,16,18H,3-5,8-9,11-13H2,1-2H3,(H,25,30)/t18-/m1/s1. The number of likely N-dealkylation sites (tertiary alicyclic amines) is 1. The number of hydrogen-bond donors (Lipinski definition) is 1. The van der Waals surface area contributed by atoms with Crippen molar-refractivity contribution < 1.29 is 9.32 Å². The molecule has 5 rings (SSSR count). The quantitative estimate of drug-likeness (QED) is 0.593. The summed E-state index contributed by atoms with van der Waals surface area (Å²) < 4.78 is 7.37. The zero-order valence-electron chi connectivity index (χ0n) is 18.1. The van der Waals surface area contributed by atoms with Gasteiger partial charge >= 0.3 is 0 Å². The molecule has 0 radical (unpaired) electrons. The molecular weight excluding hydrogens is 392 g/mol. The molecule has 3 heterocycles. The second-order valence-corrected chi connectivity index (χ2v) is 8.81. The number of hydrogen-bond acceptors (Lipinski definition) is 6. The summed E-state index contributed by atoms with van der Waals surface area (Å²) in [5.41, 5.74) is 4.40. The predicted octanol–water partition coefficient (Wildman–Crippen LogP) is 3.18. The fourth-order valence-electron chi connectivity index (χ4n) is 4.55. The molecule has 8 heteroatoms. The number of nitrogens with zero attached hydrogens (tertiary/aromatic N) is 5. The van der Waals surface area contributed by atoms with Crippen LogP contribution in [0.15, 0.2) is 27.7 Å². The summed E-state index contributed by atoms with van der Waals surface area (Å²) >= 11 is 0. The van der Waals surface area contributed by atoms with E-state index in [0.717, 1.165) is 59.5 Å². The van der Waals surface area contributed by atoms with Gasteiger partial charge in [-0.2, -0.15) is 5.10 Å². The molecule has 8 nitrogen and oxygen atoms in total. The molecule has 1 aliphatic heterocycles. The smallest absolute Gasteiger partial charge is 0.272 e. The Hall–Kier alpha value is -3.00. The van der Waals surface area contributed by atoms with Gasteiger partial charge < -0.3 is 9.84 Å². The van der Waals surface area contributed by atoms with Crippen LogP contribution in [0.2, 0.25) is 0 Å². The molecule has 1 aromatic carbocycles. The Bertz CT molecular complexity index is 1120. The lowest BCUT2D eigenvalue weighted by molar-refractivity contribution is 0.0933. The summed E-state index contributed by atoms with van der Waals surface area (Å²) in [6, 6.07) is 6.26. The largest absolute Gasteiger partial charge is 0.361 e. The van der Waals surface area contributed by atoms with Crippen molar-refractivity contribution in [1.29, 1.82) is 0 Å². The summed E-state index contributed by atoms with van der Waals surface area (Å²) in [4.78, 5) is 19.3. The zero-order chi connectivity index (χ0) is 21.5. The molecule has 1 N–H and O–H groups in total. The van der Waals surface area contributed by atoms with Gasteiger partial charge in [0.25, 0.3) is 5.91 Å². The number of amides is 1. The van der Waals surface area contributed by atoms with Crippen molar-refractivity contribution >= 4 is 23.5 Å². The van der Waals surface area contributed by atoms with E-state index >= 15 is 0 Å². The van der Waals surface area contributed by atoms with Crippen LogP contribution in [0, 0.1) is 19.8 Å². The topological polar surface area (TPSA) is 88.5 Å². The lowest BCUT2D eigenvalue weighted by Gasteiger charge is -2.13. The fraction of sp³-hybridized carbons (Fsp3) is 0.478. The van der Waals surface area contributed by atoms with E-state index in [0.29, 0.717) is 18.3 Å². The molecule has 0 spiro atoms. The summed E-state index contributed by atoms with van der Waals surface area (Å²) in [6.07, 6.45) is 3.36. The van der Waals surface area contributed by atoms with Crippen molar-refractivity contribution in [3.05, 3.63) is 35.3 Å². The third-order valence-electron chi connectivity index (χ3n) is 6.32. The van der Waals surface area contributed by atoms with Crippen molar-refractivity contribution in [2.24, 2.45) is 10.9 Å². The Balaban J connectivity index is 1.47. The number of rotatable bonds is 7. The molecule has 162 valence electrons. The average Bonchev–Trinajstić information content (AvgIpc) is 3.19. The van der Waals surface area contributed by atoms with Gasteiger partial charge in [0.1, 0.15) is 5.76 Å². The maximum Gasteiger partial charge on any atom is 0.272 e. The fourth-order valence-corrected chi connectivity index (χ4v) is 4.55. The van der Waals surface area contributed by atoms with Gasteiger partial charge in [-0.15, -0.1) is 0 Å². The van der Waals surface area contributed by atoms with E-state index in [1.165, 1.54) is 12.8 Å². The van der Waals surface area contributed by atoms with Gasteiger partial charge in [-0.1, -0.05) is 11.2 Å². The Kier molecular flexibility index (Phi) is 5.09. The highest BCUT2D eigenvalue weighted by molar-refractivity contribution is 6.05. The molecule has 3 aromatic rings. The van der Waals surface area contributed by atoms with Gasteiger partial charge in [-0.25, -0.2) is 0 Å². The molecule has 31 heavy (non-hydrogen) atoms. The van der Waals surface area contributed by atoms with E-state index < -0.39 is 0 Å². The second kappa shape index (κ2) is 7.92. The third-order valence-corrected chi connectivity index (χ3v) is 6.32. The summed E-state index contributed by atoms with van der Waals surface area (Å²) in [5, 5.41) is 12.9. The SMILES string of the molecule is C=NCN1CC[C@@H](NC(=O)c2nn(CC3CC3)c3cc(-c4c(C)noc4C)ccc23)C1. The van der Waals surface area contributed by atoms with Crippen LogP contribution in [0.3, 0.4) is 0 Å². The van der Waals surface area contributed by atoms with Crippen molar-refractivity contribution in [1.82, 2.24) is 25.2 Å². The molecule has 2 aromatic heterocycles. The zero-order valence-corrected chi connectivity index (χ0v) is 18.1. The maximum absolute atomic E-state index is 13.1. The maximum atomic E-state index is 13.1. The Morgan fingerprint density at radius 2 is 2.16 bits per heavy atom. The number of aromatic nitrogens is 3. The van der Waals surface area contributed by atoms with Crippen LogP contribution in [0.5, 0.6) is 0 Å². The Labute approximate surface area is 181 Å². The second-order valence-electron chi connectivity index (χ2n) is 8.81. The minimum Gasteiger partial charge on any atom is -0.361 e. The number of aryl methyl sites for hydroxylation is 2. The minimum absolute atomic E-state index is 0.108. The number of nitrogens with one attached hydrogen (secondary N) is 1. The van der Waals surface area contributed by atoms with E-state index in [1.54, 1.807) is 0 Å². The molecule has 1 saturated heterocycles. The molecule has 2 aliphatic rings. The Morgan fingerprint density at radius 3 is 2.87 bits per heavy atom. The molecule has 1 atom stereocenters. The summed E-state index contributed by atoms with van der Waals surface area (Å²) in [6.45, 7) is 10.6. The number of aliphatic imine (C=N–C) groups is 1. The molecule has 0 unspecified atom stereocenters. The van der Waals surface area contributed by atoms with Gasteiger partial charge in [-0.05, 0) is 63.4 Å². The van der Waals surface area contributed by atoms with Gasteiger partial charge in [0, 0.05) is 36.6 Å². The van der Waals surface area contributed by atoms with Crippen LogP contribution >= 0.6 is 0 Å². The van der Waals surface area contributed by atoms with Crippen LogP contribution in [-0.4, -0.2) is 58.3 Å². The number of benzene rings is 1. The first-order valence-corrected chi connectivity index (χ1v) is 10.9. The molecule has 1 amide bonds. The van der Waals surface area contributed by atoms with E-state index in [4.69, 9.17) is 9.62 Å². The van der Waals surface area contributed by atoms with Crippen LogP contribution in [0.25, 0.3) is 22.0 Å². The monoisotopic (exact) mass is 420 g/mol. The van der Waals surface area contributed by atoms with E-state index in [1.807, 2.05) is 30.7 Å². The normalized spacial score (nSPS) is 19.2. The predicted molar refractivity (Wildman–Crippen MR) is 119 cm³/mol. The average molecular weight is 421 g/mol. The first-order valence-electron chi connectivity index (χ1n) is 10.9. The third kappa shape index (κ3) is 3.87. The lowest BCUT2D eigenvalue weighted by Crippen LogP contribution is -2.37. The van der Waals surface area contributed by atoms with Gasteiger partial charge in [0.2, 0.25) is 0 Å². The molecule has 1 aliphatic carbocycles. The summed E-state index contributed by atoms with van der Waals surface area (Å²) in [7, 11) is 0. The Morgan fingerprint density at radius 1 is 1.32 bits per heavy atom. The number of carbonyl (C=O) groups is 1. The van der Waals surface area contributed by atoms with Gasteiger partial charge in [0.05, 0.1) is 17.9 Å².